The molecule has 19 nitrogen and oxygen atoms in total. The first kappa shape index (κ1) is 61.2. The minimum atomic E-state index is -1.87. The fraction of sp³-hybridized carbons (Fsp3) is 0.940. The summed E-state index contributed by atoms with van der Waals surface area (Å²) in [7, 11) is 0. The second-order valence-electron chi connectivity index (χ2n) is 20.1. The summed E-state index contributed by atoms with van der Waals surface area (Å²) in [6.07, 6.45) is -0.555. The second-order valence-corrected chi connectivity index (χ2v) is 20.1. The fourth-order valence-electron chi connectivity index (χ4n) is 9.39. The molecule has 19 heteroatoms. The molecule has 0 radical (unpaired) electrons. The van der Waals surface area contributed by atoms with Crippen LogP contribution in [0.25, 0.3) is 0 Å². The van der Waals surface area contributed by atoms with Gasteiger partial charge in [0.05, 0.1) is 25.4 Å². The van der Waals surface area contributed by atoms with Crippen LogP contribution >= 0.6 is 0 Å². The van der Waals surface area contributed by atoms with Gasteiger partial charge in [0.15, 0.2) is 24.8 Å². The van der Waals surface area contributed by atoms with Gasteiger partial charge in [-0.1, -0.05) is 136 Å². The molecule has 3 fully saturated rings. The summed E-state index contributed by atoms with van der Waals surface area (Å²) in [5.74, 6) is -2.35. The molecule has 9 N–H and O–H groups in total. The number of aliphatic carboxylic acids is 1. The van der Waals surface area contributed by atoms with Crippen molar-refractivity contribution in [3.05, 3.63) is 0 Å². The van der Waals surface area contributed by atoms with Crippen LogP contribution in [0.3, 0.4) is 0 Å². The molecule has 404 valence electrons. The number of aliphatic hydroxyl groups is 8. The van der Waals surface area contributed by atoms with Gasteiger partial charge in [0.1, 0.15) is 61.5 Å². The molecule has 3 aliphatic heterocycles. The Kier molecular flexibility index (Phi) is 29.8. The van der Waals surface area contributed by atoms with Crippen molar-refractivity contribution in [2.24, 2.45) is 11.8 Å². The second kappa shape index (κ2) is 33.6. The van der Waals surface area contributed by atoms with Gasteiger partial charge in [0, 0.05) is 13.3 Å². The van der Waals surface area contributed by atoms with Gasteiger partial charge < -0.3 is 79.1 Å². The zero-order valence-corrected chi connectivity index (χ0v) is 41.8. The van der Waals surface area contributed by atoms with Crippen molar-refractivity contribution in [3.63, 3.8) is 0 Å². The van der Waals surface area contributed by atoms with E-state index in [9.17, 15) is 55.2 Å². The monoisotopic (exact) mass is 995 g/mol. The van der Waals surface area contributed by atoms with Crippen LogP contribution in [0.15, 0.2) is 0 Å². The summed E-state index contributed by atoms with van der Waals surface area (Å²) in [6.45, 7) is 5.93. The number of hydrogen-bond donors (Lipinski definition) is 9. The van der Waals surface area contributed by atoms with E-state index >= 15 is 0 Å². The number of esters is 2. The van der Waals surface area contributed by atoms with Gasteiger partial charge in [-0.3, -0.25) is 9.59 Å². The Morgan fingerprint density at radius 2 is 1.17 bits per heavy atom. The third-order valence-corrected chi connectivity index (χ3v) is 13.5. The molecule has 3 saturated heterocycles. The molecule has 0 aromatic heterocycles. The molecule has 0 bridgehead atoms. The minimum absolute atomic E-state index is 0.0103. The highest BCUT2D eigenvalue weighted by molar-refractivity contribution is 5.71. The van der Waals surface area contributed by atoms with E-state index in [-0.39, 0.29) is 31.5 Å². The Hall–Kier alpha value is -2.11. The number of aliphatic hydroxyl groups excluding tert-OH is 8. The van der Waals surface area contributed by atoms with E-state index in [2.05, 4.69) is 6.92 Å². The molecule has 0 spiro atoms. The lowest BCUT2D eigenvalue weighted by molar-refractivity contribution is -0.369. The number of carbonyl (C=O) groups is 3. The largest absolute Gasteiger partial charge is 0.479 e. The number of ether oxygens (including phenoxy) is 7. The summed E-state index contributed by atoms with van der Waals surface area (Å²) >= 11 is 0. The molecule has 0 aromatic rings. The van der Waals surface area contributed by atoms with Crippen molar-refractivity contribution < 1.29 is 93.5 Å². The summed E-state index contributed by atoms with van der Waals surface area (Å²) in [5.41, 5.74) is 0. The molecule has 3 rings (SSSR count). The van der Waals surface area contributed by atoms with Crippen molar-refractivity contribution in [1.82, 2.24) is 0 Å². The number of unbranched alkanes of at least 4 members (excludes halogenated alkanes) is 13. The van der Waals surface area contributed by atoms with Crippen LogP contribution in [-0.4, -0.2) is 176 Å². The van der Waals surface area contributed by atoms with Crippen LogP contribution in [-0.2, 0) is 47.5 Å². The van der Waals surface area contributed by atoms with E-state index < -0.39 is 116 Å². The maximum atomic E-state index is 12.3. The van der Waals surface area contributed by atoms with E-state index in [0.717, 1.165) is 116 Å². The molecule has 0 aliphatic carbocycles. The molecule has 2 unspecified atom stereocenters. The first-order valence-corrected chi connectivity index (χ1v) is 26.1. The maximum absolute atomic E-state index is 12.3. The lowest BCUT2D eigenvalue weighted by atomic mass is 9.85. The molecule has 3 heterocycles. The van der Waals surface area contributed by atoms with E-state index in [1.807, 2.05) is 13.8 Å². The van der Waals surface area contributed by atoms with Crippen molar-refractivity contribution in [2.45, 2.75) is 267 Å². The third kappa shape index (κ3) is 22.7. The third-order valence-electron chi connectivity index (χ3n) is 13.5. The standard InChI is InChI=1S/C50H90O19/c1-5-6-7-17-21-33(22-20-24-34(52)23-18-15-13-11-9-8-10-12-14-16-19-25-35(53)48(61)62)27-37-46(41(56)36(54)28-63-37)68-50-47(43(58)39(30-65-50)66-32(4)51)69-49-45(60)44(59)42(57)38(67-49)29-64-40(55)26-31(2)3/h31,33-39,41-47,49-50,52-54,56-60H,5-30H2,1-4H3,(H,61,62)/t33?,34-,35+,36-,37+,38-,39-,41+,42-,43+,44+,45-,46+,47-,49+,50?/m0/s1. The number of carboxylic acid groups (broad SMARTS) is 1. The zero-order valence-electron chi connectivity index (χ0n) is 41.8. The predicted molar refractivity (Wildman–Crippen MR) is 250 cm³/mol. The lowest BCUT2D eigenvalue weighted by Gasteiger charge is -2.47. The first-order chi connectivity index (χ1) is 32.9. The van der Waals surface area contributed by atoms with Crippen LogP contribution in [0, 0.1) is 11.8 Å². The van der Waals surface area contributed by atoms with E-state index in [1.54, 1.807) is 0 Å². The highest BCUT2D eigenvalue weighted by Crippen LogP contribution is 2.34. The minimum Gasteiger partial charge on any atom is -0.479 e. The summed E-state index contributed by atoms with van der Waals surface area (Å²) < 4.78 is 40.9. The van der Waals surface area contributed by atoms with Gasteiger partial charge in [-0.2, -0.15) is 0 Å². The van der Waals surface area contributed by atoms with Crippen LogP contribution in [0.2, 0.25) is 0 Å². The topological polar surface area (TPSA) is 298 Å². The molecular weight excluding hydrogens is 905 g/mol. The lowest BCUT2D eigenvalue weighted by Crippen LogP contribution is -2.64. The summed E-state index contributed by atoms with van der Waals surface area (Å²) in [6, 6.07) is 0. The van der Waals surface area contributed by atoms with Gasteiger partial charge in [-0.25, -0.2) is 4.79 Å². The molecule has 69 heavy (non-hydrogen) atoms. The molecule has 0 aromatic carbocycles. The van der Waals surface area contributed by atoms with Crippen LogP contribution in [0.4, 0.5) is 0 Å². The Labute approximate surface area is 409 Å². The number of carboxylic acids is 1. The predicted octanol–water partition coefficient (Wildman–Crippen LogP) is 3.95. The Balaban J connectivity index is 1.59. The van der Waals surface area contributed by atoms with E-state index in [4.69, 9.17) is 38.3 Å². The maximum Gasteiger partial charge on any atom is 0.332 e. The Bertz CT molecular complexity index is 1410. The molecule has 0 amide bonds. The van der Waals surface area contributed by atoms with E-state index in [1.165, 1.54) is 12.8 Å². The molecular formula is C50H90O19. The van der Waals surface area contributed by atoms with Crippen molar-refractivity contribution >= 4 is 17.9 Å². The number of hydrogen-bond acceptors (Lipinski definition) is 18. The van der Waals surface area contributed by atoms with Crippen molar-refractivity contribution in [1.29, 1.82) is 0 Å². The smallest absolute Gasteiger partial charge is 0.332 e. The number of carbonyl (C=O) groups excluding carboxylic acids is 2. The molecule has 3 aliphatic rings. The Morgan fingerprint density at radius 1 is 0.609 bits per heavy atom. The van der Waals surface area contributed by atoms with Crippen molar-refractivity contribution in [3.8, 4) is 0 Å². The average molecular weight is 995 g/mol. The normalized spacial score (nSPS) is 31.0. The highest BCUT2D eigenvalue weighted by Gasteiger charge is 2.52. The van der Waals surface area contributed by atoms with Crippen LogP contribution in [0.1, 0.15) is 175 Å². The van der Waals surface area contributed by atoms with Gasteiger partial charge in [-0.05, 0) is 37.5 Å². The molecule has 0 saturated carbocycles. The quantitative estimate of drug-likeness (QED) is 0.0321. The van der Waals surface area contributed by atoms with Crippen molar-refractivity contribution in [2.75, 3.05) is 19.8 Å². The number of rotatable bonds is 35. The Morgan fingerprint density at radius 3 is 1.78 bits per heavy atom. The highest BCUT2D eigenvalue weighted by atomic mass is 16.8. The summed E-state index contributed by atoms with van der Waals surface area (Å²) in [5, 5.41) is 95.3. The zero-order chi connectivity index (χ0) is 50.9. The SMILES string of the molecule is CCCCCCC(CCC[C@@H](O)CCCCCCCCCCCCC[C@@H](O)C(=O)O)C[C@H]1OC[C@H](O)[C@@H](O)[C@@H]1OC1OC[C@H](OC(C)=O)[C@@H](O)[C@@H]1O[C@H]1O[C@@H](COC(=O)CC(C)C)[C@H](O)[C@@H](O)[C@@H]1O. The first-order valence-electron chi connectivity index (χ1n) is 26.1. The van der Waals surface area contributed by atoms with Gasteiger partial charge >= 0.3 is 17.9 Å². The van der Waals surface area contributed by atoms with Gasteiger partial charge in [-0.15, -0.1) is 0 Å². The van der Waals surface area contributed by atoms with E-state index in [0.29, 0.717) is 19.3 Å². The van der Waals surface area contributed by atoms with Crippen LogP contribution in [0.5, 0.6) is 0 Å². The fourth-order valence-corrected chi connectivity index (χ4v) is 9.39. The van der Waals surface area contributed by atoms with Gasteiger partial charge in [0.2, 0.25) is 0 Å². The average Bonchev–Trinajstić information content (AvgIpc) is 3.29. The molecule has 16 atom stereocenters. The summed E-state index contributed by atoms with van der Waals surface area (Å²) in [4.78, 5) is 35.0. The van der Waals surface area contributed by atoms with Gasteiger partial charge in [0.25, 0.3) is 0 Å². The van der Waals surface area contributed by atoms with Crippen LogP contribution < -0.4 is 0 Å².